The summed E-state index contributed by atoms with van der Waals surface area (Å²) in [5, 5.41) is 21.8. The third-order valence-corrected chi connectivity index (χ3v) is 13.0. The van der Waals surface area contributed by atoms with E-state index in [1.54, 1.807) is 12.1 Å². The lowest BCUT2D eigenvalue weighted by molar-refractivity contribution is -0.145. The first-order valence-electron chi connectivity index (χ1n) is 21.8. The number of nitrogens with one attached hydrogen (secondary N) is 4. The molecule has 60 heavy (non-hydrogen) atoms. The summed E-state index contributed by atoms with van der Waals surface area (Å²) in [5.74, 6) is -4.06. The van der Waals surface area contributed by atoms with Gasteiger partial charge in [0.05, 0.1) is 0 Å². The Morgan fingerprint density at radius 1 is 0.533 bits per heavy atom. The van der Waals surface area contributed by atoms with Gasteiger partial charge in [-0.1, -0.05) is 83.0 Å². The second-order valence-corrected chi connectivity index (χ2v) is 17.0. The number of carbonyl (C=O) groups excluding carboxylic acids is 7. The monoisotopic (exact) mass is 827 g/mol. The second kappa shape index (κ2) is 19.7. The van der Waals surface area contributed by atoms with E-state index in [-0.39, 0.29) is 50.1 Å². The first-order chi connectivity index (χ1) is 28.8. The summed E-state index contributed by atoms with van der Waals surface area (Å²) in [4.78, 5) is 105. The number of hydrogen-bond acceptors (Lipinski definition) is 8. The van der Waals surface area contributed by atoms with Gasteiger partial charge in [-0.25, -0.2) is 0 Å². The van der Waals surface area contributed by atoms with Gasteiger partial charge in [-0.05, 0) is 73.6 Å². The van der Waals surface area contributed by atoms with Crippen molar-refractivity contribution in [1.82, 2.24) is 36.0 Å². The third kappa shape index (κ3) is 9.93. The number of hydrogen-bond donors (Lipinski definition) is 5. The summed E-state index contributed by atoms with van der Waals surface area (Å²) in [7, 11) is 0. The predicted octanol–water partition coefficient (Wildman–Crippen LogP) is 2.20. The third-order valence-electron chi connectivity index (χ3n) is 13.0. The summed E-state index contributed by atoms with van der Waals surface area (Å²) in [6, 6.07) is 8.53. The van der Waals surface area contributed by atoms with Gasteiger partial charge in [-0.3, -0.25) is 33.6 Å². The fourth-order valence-electron chi connectivity index (χ4n) is 9.02. The number of phenolic OH excluding ortho intramolecular Hbond substituents is 1. The van der Waals surface area contributed by atoms with Crippen molar-refractivity contribution in [2.45, 2.75) is 134 Å². The highest BCUT2D eigenvalue weighted by atomic mass is 16.3. The van der Waals surface area contributed by atoms with Crippen LogP contribution in [0.2, 0.25) is 0 Å². The predicted molar refractivity (Wildman–Crippen MR) is 223 cm³/mol. The highest BCUT2D eigenvalue weighted by Crippen LogP contribution is 2.26. The quantitative estimate of drug-likeness (QED) is 0.267. The minimum absolute atomic E-state index is 0.0378. The van der Waals surface area contributed by atoms with Crippen molar-refractivity contribution < 1.29 is 38.7 Å². The lowest BCUT2D eigenvalue weighted by Crippen LogP contribution is -2.61. The Bertz CT molecular complexity index is 1890. The van der Waals surface area contributed by atoms with E-state index in [1.165, 1.54) is 26.8 Å². The molecular formula is C45H61N7O8. The first-order valence-corrected chi connectivity index (χ1v) is 21.8. The molecule has 15 heteroatoms. The number of amides is 7. The SMILES string of the molecule is CC[C@H](C)[C@@H]1NC(=O)C2CCCN2C(=O)[C@H]([C@@H](C)CC)NC(=O)[C@@H]2CCCN2C(=O)[C@@H](Cc2ccc(O)cc2)NC(=O)[C@@H]2CCCN2C(=O)[C@H](Cc2ccccc2)NC1=O. The number of phenols is 1. The lowest BCUT2D eigenvalue weighted by Gasteiger charge is -2.34. The van der Waals surface area contributed by atoms with Gasteiger partial charge in [0, 0.05) is 32.5 Å². The Kier molecular flexibility index (Phi) is 14.5. The zero-order valence-electron chi connectivity index (χ0n) is 35.2. The average molecular weight is 828 g/mol. The smallest absolute Gasteiger partial charge is 0.246 e. The van der Waals surface area contributed by atoms with Crippen LogP contribution in [0, 0.1) is 11.8 Å². The molecule has 4 fully saturated rings. The molecule has 4 heterocycles. The topological polar surface area (TPSA) is 198 Å². The Labute approximate surface area is 352 Å². The van der Waals surface area contributed by atoms with E-state index in [4.69, 9.17) is 0 Å². The molecule has 1 unspecified atom stereocenters. The molecule has 15 nitrogen and oxygen atoms in total. The molecule has 0 bridgehead atoms. The van der Waals surface area contributed by atoms with Crippen LogP contribution in [0.1, 0.15) is 90.2 Å². The van der Waals surface area contributed by atoms with Gasteiger partial charge >= 0.3 is 0 Å². The van der Waals surface area contributed by atoms with Crippen molar-refractivity contribution >= 4 is 41.4 Å². The molecule has 0 saturated carbocycles. The molecule has 0 spiro atoms. The second-order valence-electron chi connectivity index (χ2n) is 17.0. The molecule has 4 aliphatic heterocycles. The van der Waals surface area contributed by atoms with E-state index in [2.05, 4.69) is 21.3 Å². The molecule has 4 saturated heterocycles. The Morgan fingerprint density at radius 3 is 1.42 bits per heavy atom. The number of carbonyl (C=O) groups is 7. The number of benzene rings is 2. The van der Waals surface area contributed by atoms with Crippen LogP contribution in [-0.4, -0.2) is 123 Å². The summed E-state index contributed by atoms with van der Waals surface area (Å²) in [6.45, 7) is 8.31. The first kappa shape index (κ1) is 44.1. The van der Waals surface area contributed by atoms with Crippen molar-refractivity contribution in [3.63, 3.8) is 0 Å². The van der Waals surface area contributed by atoms with Gasteiger partial charge in [0.15, 0.2) is 0 Å². The summed E-state index contributed by atoms with van der Waals surface area (Å²) >= 11 is 0. The summed E-state index contributed by atoms with van der Waals surface area (Å²) < 4.78 is 0. The van der Waals surface area contributed by atoms with Crippen molar-refractivity contribution in [2.24, 2.45) is 11.8 Å². The normalized spacial score (nSPS) is 28.4. The number of nitrogens with zero attached hydrogens (tertiary/aromatic N) is 3. The van der Waals surface area contributed by atoms with E-state index >= 15 is 0 Å². The number of rotatable bonds is 8. The van der Waals surface area contributed by atoms with E-state index in [9.17, 15) is 38.7 Å². The fourth-order valence-corrected chi connectivity index (χ4v) is 9.02. The molecule has 5 N–H and O–H groups in total. The van der Waals surface area contributed by atoms with Crippen LogP contribution in [0.3, 0.4) is 0 Å². The van der Waals surface area contributed by atoms with E-state index in [0.717, 1.165) is 5.56 Å². The average Bonchev–Trinajstić information content (AvgIpc) is 4.06. The minimum Gasteiger partial charge on any atom is -0.508 e. The van der Waals surface area contributed by atoms with E-state index < -0.39 is 83.6 Å². The molecule has 4 aliphatic rings. The van der Waals surface area contributed by atoms with E-state index in [1.807, 2.05) is 58.0 Å². The number of fused-ring (bicyclic) bond motifs is 3. The van der Waals surface area contributed by atoms with Gasteiger partial charge in [0.2, 0.25) is 41.4 Å². The number of aromatic hydroxyl groups is 1. The van der Waals surface area contributed by atoms with Gasteiger partial charge in [-0.2, -0.15) is 0 Å². The maximum absolute atomic E-state index is 14.7. The zero-order valence-corrected chi connectivity index (χ0v) is 35.2. The molecule has 0 radical (unpaired) electrons. The molecule has 2 aromatic carbocycles. The molecule has 7 amide bonds. The summed E-state index contributed by atoms with van der Waals surface area (Å²) in [5.41, 5.74) is 1.44. The molecule has 6 rings (SSSR count). The van der Waals surface area contributed by atoms with Crippen LogP contribution in [0.25, 0.3) is 0 Å². The summed E-state index contributed by atoms with van der Waals surface area (Å²) in [6.07, 6.45) is 3.88. The van der Waals surface area contributed by atoms with Crippen LogP contribution in [0.5, 0.6) is 5.75 Å². The molecule has 324 valence electrons. The molecule has 9 atom stereocenters. The Balaban J connectivity index is 1.40. The Morgan fingerprint density at radius 2 is 0.933 bits per heavy atom. The molecule has 0 aromatic heterocycles. The maximum atomic E-state index is 14.7. The highest BCUT2D eigenvalue weighted by molar-refractivity contribution is 5.99. The van der Waals surface area contributed by atoms with Crippen molar-refractivity contribution in [3.8, 4) is 5.75 Å². The van der Waals surface area contributed by atoms with Gasteiger partial charge in [0.1, 0.15) is 48.0 Å². The van der Waals surface area contributed by atoms with Crippen molar-refractivity contribution in [1.29, 1.82) is 0 Å². The zero-order chi connectivity index (χ0) is 43.1. The van der Waals surface area contributed by atoms with Crippen LogP contribution in [-0.2, 0) is 46.4 Å². The standard InChI is InChI=1S/C45H61N7O8/c1-5-27(3)37-42(57)47-33(25-29-13-8-7-9-14-29)44(59)50-22-10-15-34(50)39(54)46-32(26-30-18-20-31(53)21-19-30)43(58)51-23-11-16-35(51)41(56)49-38(28(4)6-2)45(60)52-24-12-17-36(52)40(55)48-37/h7-9,13-14,18-21,27-28,32-38,53H,5-6,10-12,15-17,22-26H2,1-4H3,(H,46,54)(H,47,57)(H,48,55)(H,49,56)/t27-,28-,32+,33-,34-,35-,36?,37-,38-/m0/s1. The maximum Gasteiger partial charge on any atom is 0.246 e. The van der Waals surface area contributed by atoms with Crippen molar-refractivity contribution in [2.75, 3.05) is 19.6 Å². The van der Waals surface area contributed by atoms with Crippen LogP contribution < -0.4 is 21.3 Å². The largest absolute Gasteiger partial charge is 0.508 e. The Hall–Kier alpha value is -5.47. The molecule has 2 aromatic rings. The van der Waals surface area contributed by atoms with Gasteiger partial charge < -0.3 is 41.1 Å². The lowest BCUT2D eigenvalue weighted by atomic mass is 9.95. The van der Waals surface area contributed by atoms with Crippen LogP contribution >= 0.6 is 0 Å². The van der Waals surface area contributed by atoms with Crippen LogP contribution in [0.4, 0.5) is 0 Å². The van der Waals surface area contributed by atoms with Gasteiger partial charge in [0.25, 0.3) is 0 Å². The fraction of sp³-hybridized carbons (Fsp3) is 0.578. The molecular weight excluding hydrogens is 767 g/mol. The van der Waals surface area contributed by atoms with Gasteiger partial charge in [-0.15, -0.1) is 0 Å². The highest BCUT2D eigenvalue weighted by Gasteiger charge is 2.45. The molecule has 0 aliphatic carbocycles. The van der Waals surface area contributed by atoms with Crippen molar-refractivity contribution in [3.05, 3.63) is 65.7 Å². The van der Waals surface area contributed by atoms with Crippen LogP contribution in [0.15, 0.2) is 54.6 Å². The van der Waals surface area contributed by atoms with E-state index in [0.29, 0.717) is 56.9 Å². The minimum atomic E-state index is -1.13.